The average Bonchev–Trinajstić information content (AvgIpc) is 2.57. The van der Waals surface area contributed by atoms with Crippen LogP contribution >= 0.6 is 11.6 Å². The number of hydrogen-bond acceptors (Lipinski definition) is 6. The molecule has 0 atom stereocenters. The van der Waals surface area contributed by atoms with Gasteiger partial charge in [0.15, 0.2) is 0 Å². The van der Waals surface area contributed by atoms with Crippen LogP contribution in [-0.2, 0) is 0 Å². The number of ketones is 2. The molecule has 0 saturated carbocycles. The van der Waals surface area contributed by atoms with Crippen molar-refractivity contribution >= 4 is 28.9 Å². The SMILES string of the molecule is COc1ccc(NC2=C(Cl)C(=O)c3ncncc3C2=O)cc1. The van der Waals surface area contributed by atoms with Crippen LogP contribution in [0, 0.1) is 0 Å². The fraction of sp³-hybridized carbons (Fsp3) is 0.0667. The lowest BCUT2D eigenvalue weighted by atomic mass is 9.98. The molecule has 7 heteroatoms. The van der Waals surface area contributed by atoms with Gasteiger partial charge in [0.1, 0.15) is 28.5 Å². The van der Waals surface area contributed by atoms with Crippen molar-refractivity contribution < 1.29 is 14.3 Å². The van der Waals surface area contributed by atoms with E-state index in [9.17, 15) is 9.59 Å². The van der Waals surface area contributed by atoms with Crippen molar-refractivity contribution in [1.82, 2.24) is 9.97 Å². The summed E-state index contributed by atoms with van der Waals surface area (Å²) in [6.07, 6.45) is 2.51. The van der Waals surface area contributed by atoms with E-state index in [4.69, 9.17) is 16.3 Å². The number of rotatable bonds is 3. The summed E-state index contributed by atoms with van der Waals surface area (Å²) in [5, 5.41) is 2.68. The largest absolute Gasteiger partial charge is 0.497 e. The number of aromatic nitrogens is 2. The molecule has 0 saturated heterocycles. The molecule has 0 radical (unpaired) electrons. The zero-order valence-corrected chi connectivity index (χ0v) is 12.2. The van der Waals surface area contributed by atoms with Gasteiger partial charge in [-0.2, -0.15) is 0 Å². The Hall–Kier alpha value is -2.73. The minimum atomic E-state index is -0.505. The number of Topliss-reactive ketones (excluding diaryl/α,β-unsaturated/α-hetero) is 2. The summed E-state index contributed by atoms with van der Waals surface area (Å²) in [7, 11) is 1.56. The van der Waals surface area contributed by atoms with E-state index in [0.29, 0.717) is 11.4 Å². The molecule has 1 aliphatic rings. The van der Waals surface area contributed by atoms with Gasteiger partial charge < -0.3 is 10.1 Å². The molecular weight excluding hydrogens is 306 g/mol. The van der Waals surface area contributed by atoms with Gasteiger partial charge in [0.2, 0.25) is 11.6 Å². The molecule has 2 aromatic rings. The molecular formula is C15H10ClN3O3. The standard InChI is InChI=1S/C15H10ClN3O3/c1-22-9-4-2-8(3-5-9)19-13-11(16)15(21)12-10(14(13)20)6-17-7-18-12/h2-7,19H,1H3. The number of benzene rings is 1. The second kappa shape index (κ2) is 5.57. The first-order valence-corrected chi connectivity index (χ1v) is 6.70. The Bertz CT molecular complexity index is 800. The summed E-state index contributed by atoms with van der Waals surface area (Å²) in [5.74, 6) is -0.249. The first kappa shape index (κ1) is 14.2. The molecule has 0 bridgehead atoms. The summed E-state index contributed by atoms with van der Waals surface area (Å²) in [6, 6.07) is 6.88. The van der Waals surface area contributed by atoms with Crippen LogP contribution < -0.4 is 10.1 Å². The molecule has 0 unspecified atom stereocenters. The maximum absolute atomic E-state index is 12.4. The van der Waals surface area contributed by atoms with Gasteiger partial charge in [-0.3, -0.25) is 9.59 Å². The first-order chi connectivity index (χ1) is 10.6. The lowest BCUT2D eigenvalue weighted by molar-refractivity contribution is 0.0977. The summed E-state index contributed by atoms with van der Waals surface area (Å²) < 4.78 is 5.06. The number of methoxy groups -OCH3 is 1. The molecule has 0 aliphatic heterocycles. The lowest BCUT2D eigenvalue weighted by Gasteiger charge is -2.17. The number of halogens is 1. The van der Waals surface area contributed by atoms with Gasteiger partial charge in [-0.25, -0.2) is 9.97 Å². The van der Waals surface area contributed by atoms with Crippen molar-refractivity contribution in [3.8, 4) is 5.75 Å². The van der Waals surface area contributed by atoms with Crippen LogP contribution in [0.3, 0.4) is 0 Å². The Labute approximate surface area is 130 Å². The first-order valence-electron chi connectivity index (χ1n) is 6.32. The second-order valence-corrected chi connectivity index (χ2v) is 4.86. The van der Waals surface area contributed by atoms with E-state index in [0.717, 1.165) is 0 Å². The molecule has 22 heavy (non-hydrogen) atoms. The van der Waals surface area contributed by atoms with Gasteiger partial charge in [0, 0.05) is 11.9 Å². The summed E-state index contributed by atoms with van der Waals surface area (Å²) in [5.41, 5.74) is 0.771. The average molecular weight is 316 g/mol. The van der Waals surface area contributed by atoms with E-state index < -0.39 is 11.6 Å². The highest BCUT2D eigenvalue weighted by Gasteiger charge is 2.32. The van der Waals surface area contributed by atoms with E-state index in [1.54, 1.807) is 31.4 Å². The van der Waals surface area contributed by atoms with Crippen molar-refractivity contribution in [3.63, 3.8) is 0 Å². The van der Waals surface area contributed by atoms with Crippen molar-refractivity contribution in [2.45, 2.75) is 0 Å². The highest BCUT2D eigenvalue weighted by atomic mass is 35.5. The minimum Gasteiger partial charge on any atom is -0.497 e. The second-order valence-electron chi connectivity index (χ2n) is 4.49. The third-order valence-electron chi connectivity index (χ3n) is 3.18. The quantitative estimate of drug-likeness (QED) is 0.937. The molecule has 1 aliphatic carbocycles. The monoisotopic (exact) mass is 315 g/mol. The summed E-state index contributed by atoms with van der Waals surface area (Å²) in [6.45, 7) is 0. The fourth-order valence-electron chi connectivity index (χ4n) is 2.06. The van der Waals surface area contributed by atoms with Gasteiger partial charge in [-0.15, -0.1) is 0 Å². The molecule has 3 rings (SSSR count). The van der Waals surface area contributed by atoms with Crippen LogP contribution in [0.15, 0.2) is 47.5 Å². The highest BCUT2D eigenvalue weighted by molar-refractivity contribution is 6.50. The van der Waals surface area contributed by atoms with Crippen LogP contribution in [0.4, 0.5) is 5.69 Å². The Balaban J connectivity index is 1.97. The van der Waals surface area contributed by atoms with Gasteiger partial charge in [0.25, 0.3) is 0 Å². The lowest BCUT2D eigenvalue weighted by Crippen LogP contribution is -2.25. The zero-order chi connectivity index (χ0) is 15.7. The summed E-state index contributed by atoms with van der Waals surface area (Å²) in [4.78, 5) is 32.2. The van der Waals surface area contributed by atoms with Crippen molar-refractivity contribution in [3.05, 3.63) is 58.8 Å². The maximum Gasteiger partial charge on any atom is 0.225 e. The van der Waals surface area contributed by atoms with Crippen LogP contribution in [-0.4, -0.2) is 28.6 Å². The molecule has 1 aromatic carbocycles. The molecule has 6 nitrogen and oxygen atoms in total. The maximum atomic E-state index is 12.4. The van der Waals surface area contributed by atoms with E-state index in [1.165, 1.54) is 12.5 Å². The van der Waals surface area contributed by atoms with Crippen LogP contribution in [0.5, 0.6) is 5.75 Å². The Morgan fingerprint density at radius 1 is 1.14 bits per heavy atom. The predicted molar refractivity (Wildman–Crippen MR) is 80.2 cm³/mol. The number of nitrogens with one attached hydrogen (secondary N) is 1. The van der Waals surface area contributed by atoms with Gasteiger partial charge >= 0.3 is 0 Å². The van der Waals surface area contributed by atoms with Crippen LogP contribution in [0.1, 0.15) is 20.8 Å². The number of hydrogen-bond donors (Lipinski definition) is 1. The molecule has 1 aromatic heterocycles. The Morgan fingerprint density at radius 3 is 2.55 bits per heavy atom. The Morgan fingerprint density at radius 2 is 1.86 bits per heavy atom. The van der Waals surface area contributed by atoms with E-state index in [-0.39, 0.29) is 22.0 Å². The molecule has 0 amide bonds. The van der Waals surface area contributed by atoms with E-state index in [1.807, 2.05) is 0 Å². The summed E-state index contributed by atoms with van der Waals surface area (Å²) >= 11 is 6.03. The minimum absolute atomic E-state index is 0.0131. The van der Waals surface area contributed by atoms with Crippen molar-refractivity contribution in [2.24, 2.45) is 0 Å². The number of nitrogens with zero attached hydrogens (tertiary/aromatic N) is 2. The third kappa shape index (κ3) is 2.33. The predicted octanol–water partition coefficient (Wildman–Crippen LogP) is 2.43. The zero-order valence-electron chi connectivity index (χ0n) is 11.5. The highest BCUT2D eigenvalue weighted by Crippen LogP contribution is 2.28. The van der Waals surface area contributed by atoms with Gasteiger partial charge in [-0.1, -0.05) is 11.6 Å². The smallest absolute Gasteiger partial charge is 0.225 e. The topological polar surface area (TPSA) is 81.2 Å². The van der Waals surface area contributed by atoms with E-state index >= 15 is 0 Å². The Kier molecular flexibility index (Phi) is 3.60. The number of carbonyl (C=O) groups is 2. The number of carbonyl (C=O) groups excluding carboxylic acids is 2. The van der Waals surface area contributed by atoms with Gasteiger partial charge in [0.05, 0.1) is 12.7 Å². The van der Waals surface area contributed by atoms with Crippen molar-refractivity contribution in [1.29, 1.82) is 0 Å². The molecule has 110 valence electrons. The van der Waals surface area contributed by atoms with Crippen LogP contribution in [0.2, 0.25) is 0 Å². The molecule has 1 N–H and O–H groups in total. The van der Waals surface area contributed by atoms with Gasteiger partial charge in [-0.05, 0) is 24.3 Å². The number of anilines is 1. The van der Waals surface area contributed by atoms with Crippen molar-refractivity contribution in [2.75, 3.05) is 12.4 Å². The van der Waals surface area contributed by atoms with Crippen LogP contribution in [0.25, 0.3) is 0 Å². The number of ether oxygens (including phenoxy) is 1. The number of fused-ring (bicyclic) bond motifs is 1. The molecule has 0 spiro atoms. The fourth-order valence-corrected chi connectivity index (χ4v) is 2.28. The molecule has 0 fully saturated rings. The van der Waals surface area contributed by atoms with E-state index in [2.05, 4.69) is 15.3 Å². The number of allylic oxidation sites excluding steroid dienone is 2. The third-order valence-corrected chi connectivity index (χ3v) is 3.54. The molecule has 1 heterocycles. The normalized spacial score (nSPS) is 13.9.